The van der Waals surface area contributed by atoms with Crippen LogP contribution in [-0.4, -0.2) is 116 Å². The van der Waals surface area contributed by atoms with E-state index in [0.717, 1.165) is 0 Å². The molecular formula is C24H35N5O9. The van der Waals surface area contributed by atoms with Crippen LogP contribution >= 0.6 is 0 Å². The first kappa shape index (κ1) is 29.2. The summed E-state index contributed by atoms with van der Waals surface area (Å²) in [6.07, 6.45) is 1.74. The smallest absolute Gasteiger partial charge is 0.364 e. The Labute approximate surface area is 220 Å². The number of carbonyl (C=O) groups is 4. The monoisotopic (exact) mass is 537 g/mol. The Hall–Kier alpha value is -3.33. The fourth-order valence-electron chi connectivity index (χ4n) is 3.81. The lowest BCUT2D eigenvalue weighted by Crippen LogP contribution is -2.65. The quantitative estimate of drug-likeness (QED) is 0.189. The van der Waals surface area contributed by atoms with Crippen LogP contribution in [-0.2, 0) is 28.5 Å². The number of nitrogens with one attached hydrogen (secondary N) is 2. The maximum absolute atomic E-state index is 12.4. The number of imide groups is 1. The zero-order chi connectivity index (χ0) is 27.5. The molecule has 0 aliphatic carbocycles. The molecule has 1 aromatic rings. The summed E-state index contributed by atoms with van der Waals surface area (Å²) in [7, 11) is 0. The number of ether oxygens (including phenoxy) is 4. The van der Waals surface area contributed by atoms with Crippen LogP contribution in [0.3, 0.4) is 0 Å². The van der Waals surface area contributed by atoms with Crippen LogP contribution < -0.4 is 15.5 Å². The van der Waals surface area contributed by atoms with Gasteiger partial charge in [-0.25, -0.2) is 14.6 Å². The van der Waals surface area contributed by atoms with Gasteiger partial charge in [-0.3, -0.25) is 14.9 Å². The van der Waals surface area contributed by atoms with Crippen LogP contribution in [0.2, 0.25) is 0 Å². The number of hydrogen-bond acceptors (Lipinski definition) is 10. The average molecular weight is 538 g/mol. The maximum Gasteiger partial charge on any atom is 0.364 e. The Morgan fingerprint density at radius 3 is 2.50 bits per heavy atom. The Morgan fingerprint density at radius 2 is 1.84 bits per heavy atom. The van der Waals surface area contributed by atoms with Crippen LogP contribution in [0.1, 0.15) is 30.6 Å². The number of amides is 4. The SMILES string of the molecule is CCOCCOCCOC(C)(OCCNC(=O)c1ccc(N2CC(N3CCC(=O)NC3=O)C2)nc1)C(=O)O. The summed E-state index contributed by atoms with van der Waals surface area (Å²) in [5.74, 6) is -3.14. The van der Waals surface area contributed by atoms with E-state index in [1.165, 1.54) is 13.1 Å². The number of carboxylic acids is 1. The van der Waals surface area contributed by atoms with Crippen molar-refractivity contribution in [3.8, 4) is 0 Å². The van der Waals surface area contributed by atoms with Gasteiger partial charge in [0.15, 0.2) is 0 Å². The molecule has 3 heterocycles. The highest BCUT2D eigenvalue weighted by atomic mass is 16.7. The van der Waals surface area contributed by atoms with Crippen LogP contribution in [0.5, 0.6) is 0 Å². The summed E-state index contributed by atoms with van der Waals surface area (Å²) in [5.41, 5.74) is 0.334. The molecule has 14 nitrogen and oxygen atoms in total. The van der Waals surface area contributed by atoms with E-state index in [-0.39, 0.29) is 50.3 Å². The summed E-state index contributed by atoms with van der Waals surface area (Å²) in [6.45, 7) is 6.33. The molecule has 3 rings (SSSR count). The van der Waals surface area contributed by atoms with Gasteiger partial charge in [-0.2, -0.15) is 0 Å². The topological polar surface area (TPSA) is 169 Å². The van der Waals surface area contributed by atoms with Gasteiger partial charge in [-0.05, 0) is 19.1 Å². The Balaban J connectivity index is 1.35. The van der Waals surface area contributed by atoms with E-state index in [0.29, 0.717) is 57.3 Å². The minimum Gasteiger partial charge on any atom is -0.477 e. The van der Waals surface area contributed by atoms with Gasteiger partial charge in [0.25, 0.3) is 11.7 Å². The average Bonchev–Trinajstić information content (AvgIpc) is 2.86. The lowest BCUT2D eigenvalue weighted by atomic mass is 10.1. The van der Waals surface area contributed by atoms with Crippen LogP contribution in [0, 0.1) is 0 Å². The molecule has 0 radical (unpaired) electrons. The molecule has 2 aliphatic heterocycles. The highest BCUT2D eigenvalue weighted by molar-refractivity contribution is 5.97. The van der Waals surface area contributed by atoms with E-state index in [1.54, 1.807) is 17.0 Å². The third kappa shape index (κ3) is 8.08. The highest BCUT2D eigenvalue weighted by Crippen LogP contribution is 2.23. The number of urea groups is 1. The Bertz CT molecular complexity index is 971. The molecular weight excluding hydrogens is 502 g/mol. The van der Waals surface area contributed by atoms with Crippen molar-refractivity contribution in [2.45, 2.75) is 32.1 Å². The molecule has 2 aliphatic rings. The molecule has 0 bridgehead atoms. The van der Waals surface area contributed by atoms with E-state index >= 15 is 0 Å². The lowest BCUT2D eigenvalue weighted by Gasteiger charge is -2.46. The van der Waals surface area contributed by atoms with Gasteiger partial charge in [0.05, 0.1) is 44.6 Å². The predicted molar refractivity (Wildman–Crippen MR) is 133 cm³/mol. The van der Waals surface area contributed by atoms with E-state index < -0.39 is 11.8 Å². The highest BCUT2D eigenvalue weighted by Gasteiger charge is 2.38. The first-order valence-electron chi connectivity index (χ1n) is 12.5. The molecule has 1 aromatic heterocycles. The molecule has 1 unspecified atom stereocenters. The molecule has 1 atom stereocenters. The van der Waals surface area contributed by atoms with Crippen molar-refractivity contribution < 1.29 is 43.2 Å². The zero-order valence-corrected chi connectivity index (χ0v) is 21.6. The van der Waals surface area contributed by atoms with Crippen molar-refractivity contribution in [2.24, 2.45) is 0 Å². The second-order valence-corrected chi connectivity index (χ2v) is 8.77. The van der Waals surface area contributed by atoms with Gasteiger partial charge in [0.1, 0.15) is 5.82 Å². The fraction of sp³-hybridized carbons (Fsp3) is 0.625. The van der Waals surface area contributed by atoms with Gasteiger partial charge >= 0.3 is 12.0 Å². The molecule has 2 fully saturated rings. The van der Waals surface area contributed by atoms with Gasteiger partial charge in [-0.15, -0.1) is 0 Å². The molecule has 0 saturated carbocycles. The number of pyridine rings is 1. The molecule has 14 heteroatoms. The van der Waals surface area contributed by atoms with Crippen LogP contribution in [0.25, 0.3) is 0 Å². The summed E-state index contributed by atoms with van der Waals surface area (Å²) < 4.78 is 21.2. The Kier molecular flexibility index (Phi) is 10.8. The zero-order valence-electron chi connectivity index (χ0n) is 21.6. The van der Waals surface area contributed by atoms with Gasteiger partial charge in [-0.1, -0.05) is 0 Å². The normalized spacial score (nSPS) is 17.5. The summed E-state index contributed by atoms with van der Waals surface area (Å²) in [4.78, 5) is 55.2. The van der Waals surface area contributed by atoms with E-state index in [2.05, 4.69) is 15.6 Å². The van der Waals surface area contributed by atoms with Crippen molar-refractivity contribution in [3.05, 3.63) is 23.9 Å². The third-order valence-electron chi connectivity index (χ3n) is 6.06. The fourth-order valence-corrected chi connectivity index (χ4v) is 3.81. The van der Waals surface area contributed by atoms with Crippen molar-refractivity contribution in [3.63, 3.8) is 0 Å². The van der Waals surface area contributed by atoms with Crippen molar-refractivity contribution in [1.82, 2.24) is 20.5 Å². The molecule has 210 valence electrons. The summed E-state index contributed by atoms with van der Waals surface area (Å²) in [5, 5.41) is 14.4. The number of anilines is 1. The van der Waals surface area contributed by atoms with E-state index in [1.807, 2.05) is 11.8 Å². The third-order valence-corrected chi connectivity index (χ3v) is 6.06. The Morgan fingerprint density at radius 1 is 1.13 bits per heavy atom. The van der Waals surface area contributed by atoms with E-state index in [4.69, 9.17) is 18.9 Å². The summed E-state index contributed by atoms with van der Waals surface area (Å²) in [6, 6.07) is 2.98. The largest absolute Gasteiger partial charge is 0.477 e. The van der Waals surface area contributed by atoms with E-state index in [9.17, 15) is 24.3 Å². The molecule has 3 N–H and O–H groups in total. The maximum atomic E-state index is 12.4. The van der Waals surface area contributed by atoms with Gasteiger partial charge in [0, 0.05) is 52.3 Å². The van der Waals surface area contributed by atoms with Crippen LogP contribution in [0.4, 0.5) is 10.6 Å². The van der Waals surface area contributed by atoms with Gasteiger partial charge < -0.3 is 39.2 Å². The molecule has 0 aromatic carbocycles. The van der Waals surface area contributed by atoms with Crippen molar-refractivity contribution in [1.29, 1.82) is 0 Å². The predicted octanol–water partition coefficient (Wildman–Crippen LogP) is -0.171. The number of aliphatic carboxylic acids is 1. The first-order valence-corrected chi connectivity index (χ1v) is 12.5. The number of carbonyl (C=O) groups excluding carboxylic acids is 3. The standard InChI is InChI=1S/C24H35N5O9/c1-3-35-10-11-36-12-13-38-24(2,22(32)33)37-9-7-25-21(31)17-4-5-19(26-14-17)28-15-18(16-28)29-8-6-20(30)27-23(29)34/h4-5,14,18H,3,6-13,15-16H2,1-2H3,(H,25,31)(H,32,33)(H,27,30,34). The number of aromatic nitrogens is 1. The molecule has 0 spiro atoms. The van der Waals surface area contributed by atoms with Crippen molar-refractivity contribution in [2.75, 3.05) is 70.7 Å². The molecule has 4 amide bonds. The molecule has 2 saturated heterocycles. The van der Waals surface area contributed by atoms with Crippen molar-refractivity contribution >= 4 is 29.6 Å². The van der Waals surface area contributed by atoms with Gasteiger partial charge in [0.2, 0.25) is 5.91 Å². The number of carboxylic acid groups (broad SMARTS) is 1. The molecule has 38 heavy (non-hydrogen) atoms. The minimum absolute atomic E-state index is 0.00117. The summed E-state index contributed by atoms with van der Waals surface area (Å²) >= 11 is 0. The second-order valence-electron chi connectivity index (χ2n) is 8.77. The number of rotatable bonds is 16. The minimum atomic E-state index is -1.88. The van der Waals surface area contributed by atoms with Crippen LogP contribution in [0.15, 0.2) is 18.3 Å². The lowest BCUT2D eigenvalue weighted by molar-refractivity contribution is -0.238. The number of hydrogen-bond donors (Lipinski definition) is 3. The number of nitrogens with zero attached hydrogens (tertiary/aromatic N) is 3. The first-order chi connectivity index (χ1) is 18.2. The second kappa shape index (κ2) is 14.0.